The third-order valence-electron chi connectivity index (χ3n) is 4.18. The van der Waals surface area contributed by atoms with Crippen molar-refractivity contribution in [2.24, 2.45) is 0 Å². The zero-order valence-electron chi connectivity index (χ0n) is 14.8. The Morgan fingerprint density at radius 3 is 1.78 bits per heavy atom. The van der Waals surface area contributed by atoms with Crippen LogP contribution in [0.4, 0.5) is 0 Å². The lowest BCUT2D eigenvalue weighted by molar-refractivity contribution is 0.0953. The highest BCUT2D eigenvalue weighted by Gasteiger charge is 2.26. The molecule has 0 radical (unpaired) electrons. The Kier molecular flexibility index (Phi) is 6.16. The molecule has 0 unspecified atom stereocenters. The molecule has 0 heterocycles. The summed E-state index contributed by atoms with van der Waals surface area (Å²) in [5.41, 5.74) is 2.06. The topological polar surface area (TPSA) is 63.2 Å². The summed E-state index contributed by atoms with van der Waals surface area (Å²) in [4.78, 5) is 13.0. The summed E-state index contributed by atoms with van der Waals surface area (Å²) in [7, 11) is -3.68. The summed E-state index contributed by atoms with van der Waals surface area (Å²) in [5, 5.41) is 0. The molecular formula is C22H21NO3S. The molecule has 0 spiro atoms. The average molecular weight is 379 g/mol. The van der Waals surface area contributed by atoms with Crippen molar-refractivity contribution in [2.75, 3.05) is 0 Å². The molecule has 5 heteroatoms. The van der Waals surface area contributed by atoms with E-state index in [4.69, 9.17) is 0 Å². The number of benzene rings is 3. The van der Waals surface area contributed by atoms with E-state index in [1.54, 1.807) is 48.5 Å². The molecule has 0 aliphatic carbocycles. The van der Waals surface area contributed by atoms with Crippen LogP contribution in [0, 0.1) is 0 Å². The van der Waals surface area contributed by atoms with E-state index in [1.807, 2.05) is 42.5 Å². The zero-order chi connectivity index (χ0) is 19.1. The quantitative estimate of drug-likeness (QED) is 0.608. The van der Waals surface area contributed by atoms with E-state index in [2.05, 4.69) is 4.72 Å². The highest BCUT2D eigenvalue weighted by atomic mass is 32.2. The van der Waals surface area contributed by atoms with Crippen LogP contribution >= 0.6 is 0 Å². The molecule has 1 atom stereocenters. The fraction of sp³-hybridized carbons (Fsp3) is 0.136. The number of carbonyl (C=O) groups is 1. The lowest BCUT2D eigenvalue weighted by Crippen LogP contribution is -2.42. The molecule has 0 amide bonds. The molecule has 0 aliphatic heterocycles. The van der Waals surface area contributed by atoms with Gasteiger partial charge in [-0.05, 0) is 17.5 Å². The van der Waals surface area contributed by atoms with E-state index in [9.17, 15) is 13.2 Å². The maximum Gasteiger partial charge on any atom is 0.216 e. The van der Waals surface area contributed by atoms with Gasteiger partial charge in [0.2, 0.25) is 10.0 Å². The summed E-state index contributed by atoms with van der Waals surface area (Å²) in [6, 6.07) is 26.2. The smallest absolute Gasteiger partial charge is 0.216 e. The minimum absolute atomic E-state index is 0.165. The van der Waals surface area contributed by atoms with Gasteiger partial charge in [0.05, 0.1) is 11.8 Å². The van der Waals surface area contributed by atoms with Gasteiger partial charge < -0.3 is 0 Å². The van der Waals surface area contributed by atoms with Crippen LogP contribution in [0.1, 0.15) is 21.5 Å². The summed E-state index contributed by atoms with van der Waals surface area (Å²) < 4.78 is 28.0. The lowest BCUT2D eigenvalue weighted by atomic mass is 9.98. The van der Waals surface area contributed by atoms with Gasteiger partial charge in [0.15, 0.2) is 5.78 Å². The van der Waals surface area contributed by atoms with Crippen molar-refractivity contribution in [3.8, 4) is 0 Å². The minimum Gasteiger partial charge on any atom is -0.292 e. The van der Waals surface area contributed by atoms with Crippen molar-refractivity contribution in [2.45, 2.75) is 18.2 Å². The number of rotatable bonds is 8. The van der Waals surface area contributed by atoms with Gasteiger partial charge in [0.1, 0.15) is 0 Å². The molecule has 0 aromatic heterocycles. The van der Waals surface area contributed by atoms with Crippen LogP contribution in [0.2, 0.25) is 0 Å². The van der Waals surface area contributed by atoms with E-state index in [0.717, 1.165) is 5.56 Å². The number of nitrogens with one attached hydrogen (secondary N) is 1. The first kappa shape index (κ1) is 19.0. The highest BCUT2D eigenvalue weighted by molar-refractivity contribution is 7.88. The van der Waals surface area contributed by atoms with Gasteiger partial charge in [0, 0.05) is 5.56 Å². The van der Waals surface area contributed by atoms with Crippen LogP contribution in [-0.4, -0.2) is 20.2 Å². The number of hydrogen-bond donors (Lipinski definition) is 1. The van der Waals surface area contributed by atoms with E-state index in [1.165, 1.54) is 0 Å². The van der Waals surface area contributed by atoms with Crippen molar-refractivity contribution in [1.82, 2.24) is 4.72 Å². The molecule has 0 aliphatic rings. The number of sulfonamides is 1. The minimum atomic E-state index is -3.68. The van der Waals surface area contributed by atoms with Gasteiger partial charge in [-0.25, -0.2) is 13.1 Å². The van der Waals surface area contributed by atoms with Gasteiger partial charge in [-0.15, -0.1) is 0 Å². The second kappa shape index (κ2) is 8.75. The van der Waals surface area contributed by atoms with Crippen LogP contribution in [0.5, 0.6) is 0 Å². The van der Waals surface area contributed by atoms with E-state index >= 15 is 0 Å². The summed E-state index contributed by atoms with van der Waals surface area (Å²) >= 11 is 0. The summed E-state index contributed by atoms with van der Waals surface area (Å²) in [5.74, 6) is -0.405. The van der Waals surface area contributed by atoms with Crippen molar-refractivity contribution in [1.29, 1.82) is 0 Å². The summed E-state index contributed by atoms with van der Waals surface area (Å²) in [6.45, 7) is 0. The Bertz CT molecular complexity index is 972. The third kappa shape index (κ3) is 5.61. The number of hydrogen-bond acceptors (Lipinski definition) is 3. The number of carbonyl (C=O) groups excluding carboxylic acids is 1. The zero-order valence-corrected chi connectivity index (χ0v) is 15.6. The molecule has 27 heavy (non-hydrogen) atoms. The molecule has 3 aromatic carbocycles. The predicted octanol–water partition coefficient (Wildman–Crippen LogP) is 3.60. The van der Waals surface area contributed by atoms with Crippen LogP contribution in [0.15, 0.2) is 91.0 Å². The second-order valence-electron chi connectivity index (χ2n) is 6.34. The Morgan fingerprint density at radius 2 is 1.22 bits per heavy atom. The van der Waals surface area contributed by atoms with Gasteiger partial charge in [0.25, 0.3) is 0 Å². The Hall–Kier alpha value is -2.76. The standard InChI is InChI=1S/C22H21NO3S/c24-22(20-14-8-3-9-15-20)21(16-18-10-4-1-5-11-18)23-27(25,26)17-19-12-6-2-7-13-19/h1-15,21,23H,16-17H2/t21-/m1/s1. The molecule has 0 saturated carbocycles. The van der Waals surface area contributed by atoms with E-state index in [-0.39, 0.29) is 11.5 Å². The largest absolute Gasteiger partial charge is 0.292 e. The van der Waals surface area contributed by atoms with Gasteiger partial charge in [-0.3, -0.25) is 4.79 Å². The van der Waals surface area contributed by atoms with Crippen molar-refractivity contribution < 1.29 is 13.2 Å². The second-order valence-corrected chi connectivity index (χ2v) is 8.09. The van der Waals surface area contributed by atoms with Crippen molar-refractivity contribution in [3.05, 3.63) is 108 Å². The van der Waals surface area contributed by atoms with Crippen LogP contribution in [0.3, 0.4) is 0 Å². The first-order valence-corrected chi connectivity index (χ1v) is 10.4. The molecule has 3 rings (SSSR count). The molecule has 1 N–H and O–H groups in total. The monoisotopic (exact) mass is 379 g/mol. The fourth-order valence-electron chi connectivity index (χ4n) is 2.89. The maximum absolute atomic E-state index is 13.0. The predicted molar refractivity (Wildman–Crippen MR) is 107 cm³/mol. The molecule has 0 bridgehead atoms. The molecule has 3 aromatic rings. The Morgan fingerprint density at radius 1 is 0.741 bits per heavy atom. The van der Waals surface area contributed by atoms with Gasteiger partial charge in [-0.1, -0.05) is 91.0 Å². The molecule has 0 fully saturated rings. The average Bonchev–Trinajstić information content (AvgIpc) is 2.68. The Balaban J connectivity index is 1.83. The number of ketones is 1. The Labute approximate surface area is 159 Å². The first-order chi connectivity index (χ1) is 13.0. The van der Waals surface area contributed by atoms with Crippen LogP contribution < -0.4 is 4.72 Å². The third-order valence-corrected chi connectivity index (χ3v) is 5.54. The normalized spacial score (nSPS) is 12.4. The SMILES string of the molecule is O=C(c1ccccc1)[C@@H](Cc1ccccc1)NS(=O)(=O)Cc1ccccc1. The maximum atomic E-state index is 13.0. The number of Topliss-reactive ketones (excluding diaryl/α,β-unsaturated/α-hetero) is 1. The van der Waals surface area contributed by atoms with E-state index in [0.29, 0.717) is 17.5 Å². The fourth-order valence-corrected chi connectivity index (χ4v) is 4.23. The highest BCUT2D eigenvalue weighted by Crippen LogP contribution is 2.12. The molecule has 138 valence electrons. The lowest BCUT2D eigenvalue weighted by Gasteiger charge is -2.18. The van der Waals surface area contributed by atoms with Gasteiger partial charge in [-0.2, -0.15) is 0 Å². The van der Waals surface area contributed by atoms with Gasteiger partial charge >= 0.3 is 0 Å². The van der Waals surface area contributed by atoms with Crippen LogP contribution in [-0.2, 0) is 22.2 Å². The summed E-state index contributed by atoms with van der Waals surface area (Å²) in [6.07, 6.45) is 0.294. The van der Waals surface area contributed by atoms with Crippen molar-refractivity contribution in [3.63, 3.8) is 0 Å². The molecule has 4 nitrogen and oxygen atoms in total. The molecule has 0 saturated heterocycles. The van der Waals surface area contributed by atoms with E-state index < -0.39 is 16.1 Å². The van der Waals surface area contributed by atoms with Crippen molar-refractivity contribution >= 4 is 15.8 Å². The molecular weight excluding hydrogens is 358 g/mol. The first-order valence-electron chi connectivity index (χ1n) is 8.71. The van der Waals surface area contributed by atoms with Crippen LogP contribution in [0.25, 0.3) is 0 Å².